The summed E-state index contributed by atoms with van der Waals surface area (Å²) in [5.74, 6) is 0.120. The molecule has 0 radical (unpaired) electrons. The highest BCUT2D eigenvalue weighted by Crippen LogP contribution is 2.26. The predicted octanol–water partition coefficient (Wildman–Crippen LogP) is 3.68. The van der Waals surface area contributed by atoms with Gasteiger partial charge in [-0.05, 0) is 58.4 Å². The van der Waals surface area contributed by atoms with Crippen molar-refractivity contribution in [2.24, 2.45) is 7.05 Å². The highest BCUT2D eigenvalue weighted by atomic mass is 79.9. The van der Waals surface area contributed by atoms with Gasteiger partial charge in [-0.15, -0.1) is 0 Å². The summed E-state index contributed by atoms with van der Waals surface area (Å²) in [7, 11) is 1.73. The van der Waals surface area contributed by atoms with E-state index >= 15 is 0 Å². The summed E-state index contributed by atoms with van der Waals surface area (Å²) >= 11 is 3.42. The minimum Gasteiger partial charge on any atom is -0.472 e. The van der Waals surface area contributed by atoms with E-state index in [0.29, 0.717) is 30.4 Å². The second-order valence-electron chi connectivity index (χ2n) is 6.62. The smallest absolute Gasteiger partial charge is 0.272 e. The molecule has 0 N–H and O–H groups in total. The Bertz CT molecular complexity index is 1010. The van der Waals surface area contributed by atoms with E-state index in [1.165, 1.54) is 12.1 Å². The first-order valence-corrected chi connectivity index (χ1v) is 9.67. The van der Waals surface area contributed by atoms with Gasteiger partial charge in [0, 0.05) is 31.8 Å². The number of aromatic nitrogens is 3. The second-order valence-corrected chi connectivity index (χ2v) is 7.47. The van der Waals surface area contributed by atoms with E-state index in [-0.39, 0.29) is 17.8 Å². The minimum atomic E-state index is -0.307. The number of ether oxygens (including phenoxy) is 1. The number of aryl methyl sites for hydroxylation is 1. The van der Waals surface area contributed by atoms with E-state index in [9.17, 15) is 9.18 Å². The maximum Gasteiger partial charge on any atom is 0.272 e. The number of rotatable bonds is 4. The van der Waals surface area contributed by atoms with Crippen LogP contribution < -0.4 is 4.74 Å². The van der Waals surface area contributed by atoms with Crippen LogP contribution in [0.15, 0.2) is 53.1 Å². The van der Waals surface area contributed by atoms with E-state index in [0.717, 1.165) is 16.5 Å². The van der Waals surface area contributed by atoms with Gasteiger partial charge in [0.25, 0.3) is 5.91 Å². The van der Waals surface area contributed by atoms with E-state index in [1.54, 1.807) is 41.0 Å². The van der Waals surface area contributed by atoms with Gasteiger partial charge in [0.2, 0.25) is 5.88 Å². The number of hydrogen-bond donors (Lipinski definition) is 0. The van der Waals surface area contributed by atoms with Crippen LogP contribution in [0.25, 0.3) is 11.3 Å². The molecule has 1 saturated heterocycles. The highest BCUT2D eigenvalue weighted by Gasteiger charge is 2.30. The lowest BCUT2D eigenvalue weighted by atomic mass is 10.1. The molecule has 3 aromatic rings. The summed E-state index contributed by atoms with van der Waals surface area (Å²) in [4.78, 5) is 18.9. The molecule has 6 nitrogen and oxygen atoms in total. The van der Waals surface area contributed by atoms with Gasteiger partial charge in [0.15, 0.2) is 0 Å². The molecule has 0 aliphatic carbocycles. The first-order valence-electron chi connectivity index (χ1n) is 8.87. The van der Waals surface area contributed by atoms with Crippen molar-refractivity contribution >= 4 is 21.8 Å². The van der Waals surface area contributed by atoms with Crippen molar-refractivity contribution in [2.75, 3.05) is 13.1 Å². The maximum atomic E-state index is 13.1. The Balaban J connectivity index is 1.46. The molecule has 28 heavy (non-hydrogen) atoms. The third-order valence-corrected chi connectivity index (χ3v) is 5.28. The van der Waals surface area contributed by atoms with Crippen LogP contribution >= 0.6 is 15.9 Å². The van der Waals surface area contributed by atoms with Crippen molar-refractivity contribution in [3.8, 4) is 17.1 Å². The zero-order chi connectivity index (χ0) is 19.7. The van der Waals surface area contributed by atoms with E-state index in [1.807, 2.05) is 12.1 Å². The molecule has 3 heterocycles. The first-order chi connectivity index (χ1) is 13.5. The van der Waals surface area contributed by atoms with Crippen LogP contribution in [0.2, 0.25) is 0 Å². The lowest BCUT2D eigenvalue weighted by Gasteiger charge is -2.17. The van der Waals surface area contributed by atoms with Crippen molar-refractivity contribution in [3.63, 3.8) is 0 Å². The molecule has 1 aliphatic rings. The largest absolute Gasteiger partial charge is 0.472 e. The van der Waals surface area contributed by atoms with Crippen LogP contribution in [0.4, 0.5) is 4.39 Å². The summed E-state index contributed by atoms with van der Waals surface area (Å²) in [6.07, 6.45) is 2.29. The summed E-state index contributed by atoms with van der Waals surface area (Å²) in [6.45, 7) is 1.09. The molecular weight excluding hydrogens is 427 g/mol. The zero-order valence-electron chi connectivity index (χ0n) is 15.2. The molecule has 8 heteroatoms. The zero-order valence-corrected chi connectivity index (χ0v) is 16.8. The van der Waals surface area contributed by atoms with Gasteiger partial charge in [0.05, 0.1) is 16.7 Å². The summed E-state index contributed by atoms with van der Waals surface area (Å²) in [5.41, 5.74) is 1.88. The van der Waals surface area contributed by atoms with Gasteiger partial charge in [0.1, 0.15) is 17.6 Å². The van der Waals surface area contributed by atoms with Gasteiger partial charge in [-0.2, -0.15) is 5.10 Å². The SMILES string of the molecule is Cn1nc(-c2ccc(F)cc2)cc1C(=O)N1CCC(Oc2ncccc2Br)C1. The highest BCUT2D eigenvalue weighted by molar-refractivity contribution is 9.10. The fourth-order valence-electron chi connectivity index (χ4n) is 3.22. The number of carbonyl (C=O) groups is 1. The van der Waals surface area contributed by atoms with Gasteiger partial charge in [-0.1, -0.05) is 0 Å². The Morgan fingerprint density at radius 2 is 2.07 bits per heavy atom. The Morgan fingerprint density at radius 1 is 1.29 bits per heavy atom. The first kappa shape index (κ1) is 18.6. The number of halogens is 2. The third-order valence-electron chi connectivity index (χ3n) is 4.67. The van der Waals surface area contributed by atoms with E-state index in [2.05, 4.69) is 26.0 Å². The van der Waals surface area contributed by atoms with Crippen LogP contribution in [-0.4, -0.2) is 44.8 Å². The average Bonchev–Trinajstić information content (AvgIpc) is 3.31. The van der Waals surface area contributed by atoms with Crippen molar-refractivity contribution in [2.45, 2.75) is 12.5 Å². The molecule has 1 aliphatic heterocycles. The van der Waals surface area contributed by atoms with Gasteiger partial charge in [-0.25, -0.2) is 9.37 Å². The second kappa shape index (κ2) is 7.71. The fourth-order valence-corrected chi connectivity index (χ4v) is 3.56. The predicted molar refractivity (Wildman–Crippen MR) is 105 cm³/mol. The Labute approximate surface area is 170 Å². The van der Waals surface area contributed by atoms with Crippen LogP contribution in [0.1, 0.15) is 16.9 Å². The molecule has 0 bridgehead atoms. The van der Waals surface area contributed by atoms with Crippen LogP contribution in [0, 0.1) is 5.82 Å². The van der Waals surface area contributed by atoms with Crippen LogP contribution in [0.5, 0.6) is 5.88 Å². The normalized spacial score (nSPS) is 16.4. The maximum absolute atomic E-state index is 13.1. The molecular formula is C20H18BrFN4O2. The molecule has 2 aromatic heterocycles. The lowest BCUT2D eigenvalue weighted by molar-refractivity contribution is 0.0760. The van der Waals surface area contributed by atoms with Crippen molar-refractivity contribution in [1.82, 2.24) is 19.7 Å². The lowest BCUT2D eigenvalue weighted by Crippen LogP contribution is -2.32. The van der Waals surface area contributed by atoms with Crippen molar-refractivity contribution in [1.29, 1.82) is 0 Å². The Morgan fingerprint density at radius 3 is 2.82 bits per heavy atom. The Kier molecular flexibility index (Phi) is 5.13. The minimum absolute atomic E-state index is 0.102. The van der Waals surface area contributed by atoms with Crippen molar-refractivity contribution < 1.29 is 13.9 Å². The third kappa shape index (κ3) is 3.77. The molecule has 1 amide bonds. The number of benzene rings is 1. The van der Waals surface area contributed by atoms with Gasteiger partial charge in [-0.3, -0.25) is 9.48 Å². The summed E-state index contributed by atoms with van der Waals surface area (Å²) < 4.78 is 21.4. The van der Waals surface area contributed by atoms with E-state index < -0.39 is 0 Å². The monoisotopic (exact) mass is 444 g/mol. The van der Waals surface area contributed by atoms with Crippen LogP contribution in [-0.2, 0) is 7.05 Å². The molecule has 1 unspecified atom stereocenters. The molecule has 1 atom stereocenters. The fraction of sp³-hybridized carbons (Fsp3) is 0.250. The average molecular weight is 445 g/mol. The number of pyridine rings is 1. The standard InChI is InChI=1S/C20H18BrFN4O2/c1-25-18(11-17(24-25)13-4-6-14(22)7-5-13)20(27)26-10-8-15(12-26)28-19-16(21)3-2-9-23-19/h2-7,9,11,15H,8,10,12H2,1H3. The number of nitrogens with zero attached hydrogens (tertiary/aromatic N) is 4. The van der Waals surface area contributed by atoms with Gasteiger partial charge >= 0.3 is 0 Å². The molecule has 0 spiro atoms. The molecule has 1 fully saturated rings. The summed E-state index contributed by atoms with van der Waals surface area (Å²) in [5, 5.41) is 4.40. The quantitative estimate of drug-likeness (QED) is 0.615. The van der Waals surface area contributed by atoms with Crippen LogP contribution in [0.3, 0.4) is 0 Å². The van der Waals surface area contributed by atoms with E-state index in [4.69, 9.17) is 4.74 Å². The molecule has 4 rings (SSSR count). The Hall–Kier alpha value is -2.74. The number of hydrogen-bond acceptors (Lipinski definition) is 4. The summed E-state index contributed by atoms with van der Waals surface area (Å²) in [6, 6.07) is 11.5. The molecule has 1 aromatic carbocycles. The number of amides is 1. The molecule has 144 valence electrons. The molecule has 0 saturated carbocycles. The van der Waals surface area contributed by atoms with Gasteiger partial charge < -0.3 is 9.64 Å². The number of carbonyl (C=O) groups excluding carboxylic acids is 1. The number of likely N-dealkylation sites (tertiary alicyclic amines) is 1. The van der Waals surface area contributed by atoms with Crippen molar-refractivity contribution in [3.05, 3.63) is 64.6 Å². The topological polar surface area (TPSA) is 60.2 Å².